The summed E-state index contributed by atoms with van der Waals surface area (Å²) in [7, 11) is 0. The molecule has 204 valence electrons. The lowest BCUT2D eigenvalue weighted by molar-refractivity contribution is 0.519. The lowest BCUT2D eigenvalue weighted by Crippen LogP contribution is -2.21. The van der Waals surface area contributed by atoms with E-state index in [-0.39, 0.29) is 10.3 Å². The van der Waals surface area contributed by atoms with Crippen LogP contribution < -0.4 is 10.6 Å². The number of benzene rings is 1. The van der Waals surface area contributed by atoms with E-state index in [1.807, 2.05) is 18.2 Å². The monoisotopic (exact) mass is 526 g/mol. The minimum atomic E-state index is -0.0760. The van der Waals surface area contributed by atoms with Gasteiger partial charge >= 0.3 is 0 Å². The van der Waals surface area contributed by atoms with Crippen molar-refractivity contribution in [2.24, 2.45) is 0 Å². The van der Waals surface area contributed by atoms with Gasteiger partial charge in [0.25, 0.3) is 10.3 Å². The van der Waals surface area contributed by atoms with E-state index in [0.717, 1.165) is 25.9 Å². The van der Waals surface area contributed by atoms with Crippen LogP contribution in [0.3, 0.4) is 0 Å². The molecule has 0 aliphatic carbocycles. The van der Waals surface area contributed by atoms with Crippen LogP contribution in [-0.4, -0.2) is 33.7 Å². The molecule has 1 aromatic rings. The molecule has 0 bridgehead atoms. The molecule has 0 radical (unpaired) electrons. The van der Waals surface area contributed by atoms with Gasteiger partial charge in [0.1, 0.15) is 0 Å². The predicted molar refractivity (Wildman–Crippen MR) is 163 cm³/mol. The van der Waals surface area contributed by atoms with E-state index >= 15 is 0 Å². The number of hydrogen-bond acceptors (Lipinski definition) is 2. The maximum absolute atomic E-state index is 8.67. The largest absolute Gasteiger partial charge is 0.487 e. The van der Waals surface area contributed by atoms with E-state index in [1.165, 1.54) is 95.5 Å². The highest BCUT2D eigenvalue weighted by molar-refractivity contribution is 7.80. The lowest BCUT2D eigenvalue weighted by atomic mass is 10.1. The minimum absolute atomic E-state index is 0.0760. The van der Waals surface area contributed by atoms with E-state index in [9.17, 15) is 0 Å². The van der Waals surface area contributed by atoms with Crippen molar-refractivity contribution < 1.29 is 10.2 Å². The molecule has 0 aliphatic rings. The highest BCUT2D eigenvalue weighted by Crippen LogP contribution is 2.08. The Morgan fingerprint density at radius 1 is 0.571 bits per heavy atom. The number of hydrogen-bond donors (Lipinski definition) is 4. The summed E-state index contributed by atoms with van der Waals surface area (Å²) >= 11 is 8.98. The van der Waals surface area contributed by atoms with Crippen LogP contribution >= 0.6 is 24.4 Å². The molecule has 4 nitrogen and oxygen atoms in total. The van der Waals surface area contributed by atoms with Crippen LogP contribution in [0.2, 0.25) is 0 Å². The van der Waals surface area contributed by atoms with Crippen molar-refractivity contribution >= 4 is 34.8 Å². The maximum atomic E-state index is 8.67. The third kappa shape index (κ3) is 37.3. The third-order valence-corrected chi connectivity index (χ3v) is 5.84. The van der Waals surface area contributed by atoms with Crippen molar-refractivity contribution in [2.75, 3.05) is 13.1 Å². The Labute approximate surface area is 227 Å². The van der Waals surface area contributed by atoms with Crippen molar-refractivity contribution in [3.63, 3.8) is 0 Å². The zero-order chi connectivity index (χ0) is 26.4. The summed E-state index contributed by atoms with van der Waals surface area (Å²) in [5.41, 5.74) is 1.32. The number of rotatable bonds is 18. The third-order valence-electron chi connectivity index (χ3n) is 5.55. The predicted octanol–water partition coefficient (Wildman–Crippen LogP) is 9.11. The van der Waals surface area contributed by atoms with Gasteiger partial charge in [0, 0.05) is 13.1 Å². The molecule has 4 N–H and O–H groups in total. The molecule has 1 rings (SSSR count). The number of thiocarbonyl (C=S) groups is 2. The lowest BCUT2D eigenvalue weighted by Gasteiger charge is -2.02. The zero-order valence-corrected chi connectivity index (χ0v) is 24.5. The molecule has 0 saturated heterocycles. The molecule has 0 unspecified atom stereocenters. The van der Waals surface area contributed by atoms with Gasteiger partial charge in [-0.25, -0.2) is 0 Å². The molecule has 0 aliphatic heterocycles. The Hall–Kier alpha value is -1.40. The van der Waals surface area contributed by atoms with Gasteiger partial charge in [-0.2, -0.15) is 0 Å². The molecule has 0 amide bonds. The Morgan fingerprint density at radius 3 is 1.14 bits per heavy atom. The standard InChI is InChI=1S/2C11H23NOS.C7H8/c2*1-2-3-4-5-6-7-8-9-10-12-11(13)14;1-7-5-3-2-4-6-7/h2*2-10H2,1H3,(H2,12,13,14);2-6H,1H3. The average Bonchev–Trinajstić information content (AvgIpc) is 2.83. The van der Waals surface area contributed by atoms with E-state index in [4.69, 9.17) is 10.2 Å². The quantitative estimate of drug-likeness (QED) is 0.113. The second-order valence-corrected chi connectivity index (χ2v) is 9.84. The molecule has 0 saturated carbocycles. The van der Waals surface area contributed by atoms with Crippen LogP contribution in [0.4, 0.5) is 0 Å². The normalized spacial score (nSPS) is 9.80. The van der Waals surface area contributed by atoms with Crippen LogP contribution in [0.25, 0.3) is 0 Å². The SMILES string of the molecule is CCCCCCCCCCNC(O)=S.CCCCCCCCCCNC(O)=S.Cc1ccccc1. The van der Waals surface area contributed by atoms with Gasteiger partial charge in [-0.1, -0.05) is 140 Å². The molecule has 0 heterocycles. The van der Waals surface area contributed by atoms with Crippen LogP contribution in [0, 0.1) is 6.92 Å². The van der Waals surface area contributed by atoms with Crippen LogP contribution in [0.15, 0.2) is 30.3 Å². The summed E-state index contributed by atoms with van der Waals surface area (Å²) in [5.74, 6) is 0. The summed E-state index contributed by atoms with van der Waals surface area (Å²) in [6.07, 6.45) is 20.9. The van der Waals surface area contributed by atoms with Crippen LogP contribution in [0.5, 0.6) is 0 Å². The summed E-state index contributed by atoms with van der Waals surface area (Å²) in [6.45, 7) is 8.18. The van der Waals surface area contributed by atoms with Gasteiger partial charge in [-0.3, -0.25) is 0 Å². The fraction of sp³-hybridized carbons (Fsp3) is 0.724. The maximum Gasteiger partial charge on any atom is 0.254 e. The number of aliphatic hydroxyl groups is 2. The van der Waals surface area contributed by atoms with Crippen molar-refractivity contribution in [2.45, 2.75) is 124 Å². The van der Waals surface area contributed by atoms with E-state index in [0.29, 0.717) is 0 Å². The Bertz CT molecular complexity index is 539. The fourth-order valence-corrected chi connectivity index (χ4v) is 3.65. The topological polar surface area (TPSA) is 64.5 Å². The Morgan fingerprint density at radius 2 is 0.886 bits per heavy atom. The molecule has 1 aromatic carbocycles. The molecular weight excluding hydrogens is 472 g/mol. The van der Waals surface area contributed by atoms with Gasteiger partial charge in [-0.15, -0.1) is 0 Å². The number of unbranched alkanes of at least 4 members (excludes halogenated alkanes) is 14. The van der Waals surface area contributed by atoms with Crippen molar-refractivity contribution in [1.29, 1.82) is 0 Å². The first-order valence-corrected chi connectivity index (χ1v) is 14.7. The second kappa shape index (κ2) is 30.6. The molecular formula is C29H54N2O2S2. The summed E-state index contributed by atoms with van der Waals surface area (Å²) in [6, 6.07) is 10.3. The van der Waals surface area contributed by atoms with Crippen molar-refractivity contribution in [3.05, 3.63) is 35.9 Å². The Balaban J connectivity index is 0. The Kier molecular flexibility index (Phi) is 31.3. The van der Waals surface area contributed by atoms with E-state index in [1.54, 1.807) is 0 Å². The first kappa shape index (κ1) is 35.8. The second-order valence-electron chi connectivity index (χ2n) is 9.07. The summed E-state index contributed by atoms with van der Waals surface area (Å²) in [5, 5.41) is 22.7. The first-order chi connectivity index (χ1) is 16.9. The molecule has 0 aromatic heterocycles. The van der Waals surface area contributed by atoms with Crippen molar-refractivity contribution in [1.82, 2.24) is 10.6 Å². The number of aliphatic hydroxyl groups excluding tert-OH is 2. The van der Waals surface area contributed by atoms with Gasteiger partial charge in [0.2, 0.25) is 0 Å². The summed E-state index contributed by atoms with van der Waals surface area (Å²) < 4.78 is 0. The van der Waals surface area contributed by atoms with Crippen LogP contribution in [0.1, 0.15) is 122 Å². The van der Waals surface area contributed by atoms with E-state index in [2.05, 4.69) is 68.0 Å². The van der Waals surface area contributed by atoms with Gasteiger partial charge in [0.15, 0.2) is 0 Å². The highest BCUT2D eigenvalue weighted by atomic mass is 32.1. The minimum Gasteiger partial charge on any atom is -0.487 e. The number of aryl methyl sites for hydroxylation is 1. The molecule has 0 atom stereocenters. The van der Waals surface area contributed by atoms with Gasteiger partial charge in [-0.05, 0) is 44.2 Å². The average molecular weight is 527 g/mol. The van der Waals surface area contributed by atoms with Gasteiger partial charge in [0.05, 0.1) is 0 Å². The zero-order valence-electron chi connectivity index (χ0n) is 22.8. The molecule has 0 fully saturated rings. The highest BCUT2D eigenvalue weighted by Gasteiger charge is 1.93. The fourth-order valence-electron chi connectivity index (χ4n) is 3.44. The van der Waals surface area contributed by atoms with Crippen LogP contribution in [-0.2, 0) is 0 Å². The number of nitrogens with one attached hydrogen (secondary N) is 2. The smallest absolute Gasteiger partial charge is 0.254 e. The van der Waals surface area contributed by atoms with E-state index < -0.39 is 0 Å². The molecule has 6 heteroatoms. The summed E-state index contributed by atoms with van der Waals surface area (Å²) in [4.78, 5) is 0. The van der Waals surface area contributed by atoms with Gasteiger partial charge < -0.3 is 20.8 Å². The van der Waals surface area contributed by atoms with Crippen molar-refractivity contribution in [3.8, 4) is 0 Å². The molecule has 35 heavy (non-hydrogen) atoms. The first-order valence-electron chi connectivity index (χ1n) is 13.9. The molecule has 0 spiro atoms.